The quantitative estimate of drug-likeness (QED) is 0.609. The lowest BCUT2D eigenvalue weighted by Gasteiger charge is -2.10. The molecule has 0 heterocycles. The molecule has 23 heavy (non-hydrogen) atoms. The van der Waals surface area contributed by atoms with Gasteiger partial charge in [0.05, 0.1) is 15.5 Å². The van der Waals surface area contributed by atoms with E-state index in [-0.39, 0.29) is 11.4 Å². The van der Waals surface area contributed by atoms with Gasteiger partial charge in [-0.3, -0.25) is 0 Å². The molecular weight excluding hydrogens is 344 g/mol. The third kappa shape index (κ3) is 4.42. The minimum Gasteiger partial charge on any atom is -0.744 e. The van der Waals surface area contributed by atoms with Crippen molar-refractivity contribution in [3.8, 4) is 0 Å². The fourth-order valence-corrected chi connectivity index (χ4v) is 2.86. The van der Waals surface area contributed by atoms with Crippen LogP contribution in [0.4, 0.5) is 11.4 Å². The van der Waals surface area contributed by atoms with Crippen LogP contribution in [0.1, 0.15) is 5.56 Å². The SMILES string of the molecule is Cc1ccc(N=Nc2ccc(S(=O)(=O)[O-])cc2)c(S(=O)(=O)[O-])c1. The number of hydrogen-bond acceptors (Lipinski definition) is 8. The van der Waals surface area contributed by atoms with Crippen LogP contribution in [0.25, 0.3) is 0 Å². The first-order valence-corrected chi connectivity index (χ1v) is 8.93. The van der Waals surface area contributed by atoms with Crippen molar-refractivity contribution in [1.82, 2.24) is 0 Å². The molecule has 0 radical (unpaired) electrons. The lowest BCUT2D eigenvalue weighted by molar-refractivity contribution is 0.461. The van der Waals surface area contributed by atoms with E-state index in [4.69, 9.17) is 0 Å². The van der Waals surface area contributed by atoms with E-state index in [0.29, 0.717) is 5.56 Å². The zero-order valence-corrected chi connectivity index (χ0v) is 13.3. The van der Waals surface area contributed by atoms with E-state index in [1.54, 1.807) is 13.0 Å². The number of rotatable bonds is 4. The van der Waals surface area contributed by atoms with Gasteiger partial charge in [-0.2, -0.15) is 5.11 Å². The van der Waals surface area contributed by atoms with E-state index in [0.717, 1.165) is 12.1 Å². The van der Waals surface area contributed by atoms with Crippen LogP contribution < -0.4 is 0 Å². The molecule has 0 aliphatic rings. The summed E-state index contributed by atoms with van der Waals surface area (Å²) in [7, 11) is -9.27. The second-order valence-electron chi connectivity index (χ2n) is 4.57. The maximum absolute atomic E-state index is 11.2. The predicted octanol–water partition coefficient (Wildman–Crippen LogP) is 2.22. The zero-order chi connectivity index (χ0) is 17.3. The first-order chi connectivity index (χ1) is 10.6. The summed E-state index contributed by atoms with van der Waals surface area (Å²) < 4.78 is 66.0. The van der Waals surface area contributed by atoms with Gasteiger partial charge in [-0.25, -0.2) is 16.8 Å². The maximum Gasteiger partial charge on any atom is 0.126 e. The van der Waals surface area contributed by atoms with Gasteiger partial charge in [0.1, 0.15) is 25.9 Å². The van der Waals surface area contributed by atoms with Crippen molar-refractivity contribution in [3.05, 3.63) is 48.0 Å². The van der Waals surface area contributed by atoms with E-state index >= 15 is 0 Å². The summed E-state index contributed by atoms with van der Waals surface area (Å²) in [5, 5.41) is 7.42. The Morgan fingerprint density at radius 1 is 0.826 bits per heavy atom. The molecule has 0 bridgehead atoms. The van der Waals surface area contributed by atoms with Crippen LogP contribution in [0.2, 0.25) is 0 Å². The van der Waals surface area contributed by atoms with Gasteiger partial charge in [0.25, 0.3) is 0 Å². The minimum absolute atomic E-state index is 0.133. The van der Waals surface area contributed by atoms with Gasteiger partial charge in [-0.15, -0.1) is 5.11 Å². The smallest absolute Gasteiger partial charge is 0.126 e. The fraction of sp³-hybridized carbons (Fsp3) is 0.0769. The van der Waals surface area contributed by atoms with Gasteiger partial charge in [-0.1, -0.05) is 6.07 Å². The van der Waals surface area contributed by atoms with Crippen LogP contribution in [0.15, 0.2) is 62.5 Å². The minimum atomic E-state index is -4.71. The second-order valence-corrected chi connectivity index (χ2v) is 7.30. The molecule has 2 aromatic carbocycles. The Hall–Kier alpha value is -2.14. The predicted molar refractivity (Wildman–Crippen MR) is 77.7 cm³/mol. The molecular formula is C13H10N2O6S2-2. The van der Waals surface area contributed by atoms with Crippen LogP contribution in [0.5, 0.6) is 0 Å². The lowest BCUT2D eigenvalue weighted by atomic mass is 10.2. The Morgan fingerprint density at radius 3 is 1.96 bits per heavy atom. The van der Waals surface area contributed by atoms with Crippen LogP contribution in [-0.2, 0) is 20.2 Å². The molecule has 122 valence electrons. The zero-order valence-electron chi connectivity index (χ0n) is 11.7. The topological polar surface area (TPSA) is 139 Å². The van der Waals surface area contributed by atoms with Crippen LogP contribution in [-0.4, -0.2) is 25.9 Å². The summed E-state index contributed by atoms with van der Waals surface area (Å²) in [5.74, 6) is 0. The lowest BCUT2D eigenvalue weighted by Crippen LogP contribution is -1.99. The van der Waals surface area contributed by atoms with E-state index in [2.05, 4.69) is 10.2 Å². The van der Waals surface area contributed by atoms with Crippen LogP contribution >= 0.6 is 0 Å². The highest BCUT2D eigenvalue weighted by atomic mass is 32.2. The molecule has 0 aliphatic heterocycles. The molecule has 0 fully saturated rings. The molecule has 0 unspecified atom stereocenters. The van der Waals surface area contributed by atoms with E-state index in [1.807, 2.05) is 0 Å². The van der Waals surface area contributed by atoms with Crippen molar-refractivity contribution in [1.29, 1.82) is 0 Å². The number of nitrogens with zero attached hydrogens (tertiary/aromatic N) is 2. The van der Waals surface area contributed by atoms with Crippen LogP contribution in [0.3, 0.4) is 0 Å². The van der Waals surface area contributed by atoms with Crippen molar-refractivity contribution in [2.75, 3.05) is 0 Å². The molecule has 0 saturated carbocycles. The molecule has 0 aromatic heterocycles. The van der Waals surface area contributed by atoms with Crippen molar-refractivity contribution in [2.24, 2.45) is 10.2 Å². The first kappa shape index (κ1) is 17.2. The average Bonchev–Trinajstić information content (AvgIpc) is 2.44. The molecule has 2 aromatic rings. The van der Waals surface area contributed by atoms with Gasteiger partial charge in [-0.05, 0) is 48.9 Å². The number of hydrogen-bond donors (Lipinski definition) is 0. The second kappa shape index (κ2) is 6.16. The Balaban J connectivity index is 2.38. The van der Waals surface area contributed by atoms with Crippen molar-refractivity contribution < 1.29 is 25.9 Å². The highest BCUT2D eigenvalue weighted by Gasteiger charge is 2.09. The first-order valence-electron chi connectivity index (χ1n) is 6.11. The highest BCUT2D eigenvalue weighted by Crippen LogP contribution is 2.27. The van der Waals surface area contributed by atoms with E-state index < -0.39 is 30.0 Å². The molecule has 0 saturated heterocycles. The van der Waals surface area contributed by atoms with E-state index in [1.165, 1.54) is 24.3 Å². The molecule has 10 heteroatoms. The van der Waals surface area contributed by atoms with Gasteiger partial charge >= 0.3 is 0 Å². The van der Waals surface area contributed by atoms with Gasteiger partial charge in [0.2, 0.25) is 0 Å². The van der Waals surface area contributed by atoms with Crippen LogP contribution in [0, 0.1) is 6.92 Å². The largest absolute Gasteiger partial charge is 0.744 e. The van der Waals surface area contributed by atoms with Gasteiger partial charge < -0.3 is 9.11 Å². The molecule has 0 spiro atoms. The monoisotopic (exact) mass is 354 g/mol. The molecule has 0 aliphatic carbocycles. The highest BCUT2D eigenvalue weighted by molar-refractivity contribution is 7.86. The fourth-order valence-electron chi connectivity index (χ4n) is 1.70. The number of azo groups is 1. The van der Waals surface area contributed by atoms with Crippen molar-refractivity contribution in [3.63, 3.8) is 0 Å². The molecule has 0 amide bonds. The Kier molecular flexibility index (Phi) is 4.61. The summed E-state index contributed by atoms with van der Waals surface area (Å²) >= 11 is 0. The molecule has 8 nitrogen and oxygen atoms in total. The van der Waals surface area contributed by atoms with E-state index in [9.17, 15) is 25.9 Å². The summed E-state index contributed by atoms with van der Waals surface area (Å²) in [6, 6.07) is 8.65. The number of aryl methyl sites for hydroxylation is 1. The number of benzene rings is 2. The Morgan fingerprint density at radius 2 is 1.43 bits per heavy atom. The molecule has 0 N–H and O–H groups in total. The van der Waals surface area contributed by atoms with Gasteiger partial charge in [0, 0.05) is 0 Å². The van der Waals surface area contributed by atoms with Crippen molar-refractivity contribution >= 4 is 31.6 Å². The summed E-state index contributed by atoms with van der Waals surface area (Å²) in [4.78, 5) is -0.922. The average molecular weight is 354 g/mol. The Labute approximate surface area is 133 Å². The normalized spacial score (nSPS) is 12.7. The standard InChI is InChI=1S/C13H12N2O6S2/c1-9-2-7-12(13(8-9)23(19,20)21)15-14-10-3-5-11(6-4-10)22(16,17)18/h2-8H,1H3,(H,16,17,18)(H,19,20,21)/p-2. The van der Waals surface area contributed by atoms with Gasteiger partial charge in [0.15, 0.2) is 0 Å². The van der Waals surface area contributed by atoms with Crippen molar-refractivity contribution in [2.45, 2.75) is 16.7 Å². The summed E-state index contributed by atoms with van der Waals surface area (Å²) in [5.41, 5.74) is 0.627. The third-order valence-corrected chi connectivity index (χ3v) is 4.50. The summed E-state index contributed by atoms with van der Waals surface area (Å²) in [6.45, 7) is 1.62. The Bertz CT molecular complexity index is 964. The third-order valence-electron chi connectivity index (χ3n) is 2.78. The molecule has 0 atom stereocenters. The molecule has 2 rings (SSSR count). The maximum atomic E-state index is 11.2. The summed E-state index contributed by atoms with van der Waals surface area (Å²) in [6.07, 6.45) is 0.